The molecule has 0 aliphatic carbocycles. The van der Waals surface area contributed by atoms with E-state index in [1.54, 1.807) is 0 Å². The number of hydrogen-bond acceptors (Lipinski definition) is 3. The number of nitrogens with one attached hydrogen (secondary N) is 1. The molecule has 19 heavy (non-hydrogen) atoms. The van der Waals surface area contributed by atoms with Gasteiger partial charge in [-0.2, -0.15) is 0 Å². The van der Waals surface area contributed by atoms with Gasteiger partial charge in [-0.1, -0.05) is 30.3 Å². The van der Waals surface area contributed by atoms with Crippen LogP contribution < -0.4 is 4.72 Å². The van der Waals surface area contributed by atoms with E-state index in [0.29, 0.717) is 13.0 Å². The molecule has 0 bridgehead atoms. The first kappa shape index (κ1) is 14.7. The van der Waals surface area contributed by atoms with Crippen LogP contribution in [0.4, 0.5) is 0 Å². The summed E-state index contributed by atoms with van der Waals surface area (Å²) in [6.07, 6.45) is 0.532. The molecule has 6 heteroatoms. The fourth-order valence-electron chi connectivity index (χ4n) is 1.60. The standard InChI is InChI=1S/C13H14BrNO2S2/c14-13-7-6-12(18-13)10-15-19(16,17)9-8-11-4-2-1-3-5-11/h1-7,15H,8-10H2. The van der Waals surface area contributed by atoms with Gasteiger partial charge in [0, 0.05) is 11.4 Å². The van der Waals surface area contributed by atoms with Crippen molar-refractivity contribution in [1.82, 2.24) is 4.72 Å². The molecule has 3 nitrogen and oxygen atoms in total. The van der Waals surface area contributed by atoms with Crippen molar-refractivity contribution in [2.24, 2.45) is 0 Å². The molecule has 0 unspecified atom stereocenters. The molecule has 2 aromatic rings. The van der Waals surface area contributed by atoms with Crippen LogP contribution in [0.1, 0.15) is 10.4 Å². The Morgan fingerprint density at radius 1 is 1.11 bits per heavy atom. The van der Waals surface area contributed by atoms with Gasteiger partial charge in [-0.25, -0.2) is 13.1 Å². The van der Waals surface area contributed by atoms with Crippen LogP contribution in [0.25, 0.3) is 0 Å². The topological polar surface area (TPSA) is 46.2 Å². The maximum Gasteiger partial charge on any atom is 0.212 e. The van der Waals surface area contributed by atoms with Crippen LogP contribution >= 0.6 is 27.3 Å². The monoisotopic (exact) mass is 359 g/mol. The minimum atomic E-state index is -3.23. The molecular weight excluding hydrogens is 346 g/mol. The summed E-state index contributed by atoms with van der Waals surface area (Å²) in [5, 5.41) is 0. The molecule has 0 radical (unpaired) electrons. The van der Waals surface area contributed by atoms with Gasteiger partial charge in [0.1, 0.15) is 0 Å². The molecule has 0 fully saturated rings. The molecule has 0 atom stereocenters. The molecular formula is C13H14BrNO2S2. The van der Waals surface area contributed by atoms with Gasteiger partial charge in [0.25, 0.3) is 0 Å². The van der Waals surface area contributed by atoms with Crippen LogP contribution in [-0.4, -0.2) is 14.2 Å². The minimum absolute atomic E-state index is 0.115. The van der Waals surface area contributed by atoms with Crippen molar-refractivity contribution >= 4 is 37.3 Å². The van der Waals surface area contributed by atoms with E-state index in [4.69, 9.17) is 0 Å². The van der Waals surface area contributed by atoms with Crippen molar-refractivity contribution < 1.29 is 8.42 Å². The Morgan fingerprint density at radius 3 is 2.47 bits per heavy atom. The average Bonchev–Trinajstić information content (AvgIpc) is 2.82. The average molecular weight is 360 g/mol. The molecule has 1 aromatic carbocycles. The van der Waals surface area contributed by atoms with Crippen LogP contribution in [-0.2, 0) is 23.0 Å². The highest BCUT2D eigenvalue weighted by molar-refractivity contribution is 9.11. The predicted octanol–water partition coefficient (Wildman–Crippen LogP) is 3.17. The Labute approximate surface area is 125 Å². The Kier molecular flexibility index (Phi) is 5.15. The third-order valence-electron chi connectivity index (χ3n) is 2.60. The first-order valence-electron chi connectivity index (χ1n) is 5.81. The van der Waals surface area contributed by atoms with Crippen LogP contribution in [0, 0.1) is 0 Å². The summed E-state index contributed by atoms with van der Waals surface area (Å²) in [6.45, 7) is 0.355. The van der Waals surface area contributed by atoms with Crippen molar-refractivity contribution in [3.8, 4) is 0 Å². The van der Waals surface area contributed by atoms with Gasteiger partial charge in [-0.3, -0.25) is 0 Å². The smallest absolute Gasteiger partial charge is 0.212 e. The lowest BCUT2D eigenvalue weighted by atomic mass is 10.2. The van der Waals surface area contributed by atoms with Gasteiger partial charge in [0.15, 0.2) is 0 Å². The van der Waals surface area contributed by atoms with E-state index in [1.165, 1.54) is 11.3 Å². The second-order valence-corrected chi connectivity index (χ2v) is 8.56. The maximum atomic E-state index is 11.9. The summed E-state index contributed by atoms with van der Waals surface area (Å²) in [6, 6.07) is 13.5. The lowest BCUT2D eigenvalue weighted by Crippen LogP contribution is -2.26. The molecule has 0 aliphatic rings. The highest BCUT2D eigenvalue weighted by Gasteiger charge is 2.10. The van der Waals surface area contributed by atoms with Crippen LogP contribution in [0.3, 0.4) is 0 Å². The van der Waals surface area contributed by atoms with E-state index in [9.17, 15) is 8.42 Å². The summed E-state index contributed by atoms with van der Waals surface area (Å²) < 4.78 is 27.4. The lowest BCUT2D eigenvalue weighted by molar-refractivity contribution is 0.581. The normalized spacial score (nSPS) is 11.6. The van der Waals surface area contributed by atoms with E-state index < -0.39 is 10.0 Å². The van der Waals surface area contributed by atoms with E-state index in [-0.39, 0.29) is 5.75 Å². The quantitative estimate of drug-likeness (QED) is 0.860. The largest absolute Gasteiger partial charge is 0.212 e. The number of rotatable bonds is 6. The van der Waals surface area contributed by atoms with Crippen molar-refractivity contribution in [3.05, 3.63) is 56.7 Å². The van der Waals surface area contributed by atoms with Crippen molar-refractivity contribution in [2.45, 2.75) is 13.0 Å². The number of benzene rings is 1. The number of aryl methyl sites for hydroxylation is 1. The molecule has 0 saturated carbocycles. The molecule has 1 aromatic heterocycles. The van der Waals surface area contributed by atoms with Crippen molar-refractivity contribution in [1.29, 1.82) is 0 Å². The maximum absolute atomic E-state index is 11.9. The fourth-order valence-corrected chi connectivity index (χ4v) is 4.14. The summed E-state index contributed by atoms with van der Waals surface area (Å²) >= 11 is 4.89. The van der Waals surface area contributed by atoms with Gasteiger partial charge in [0.2, 0.25) is 10.0 Å². The number of sulfonamides is 1. The molecule has 1 heterocycles. The van der Waals surface area contributed by atoms with E-state index in [2.05, 4.69) is 20.7 Å². The molecule has 0 amide bonds. The van der Waals surface area contributed by atoms with Crippen LogP contribution in [0.2, 0.25) is 0 Å². The SMILES string of the molecule is O=S(=O)(CCc1ccccc1)NCc1ccc(Br)s1. The van der Waals surface area contributed by atoms with Gasteiger partial charge in [-0.05, 0) is 40.0 Å². The zero-order chi connectivity index (χ0) is 13.7. The second-order valence-electron chi connectivity index (χ2n) is 4.08. The fraction of sp³-hybridized carbons (Fsp3) is 0.231. The Hall–Kier alpha value is -0.690. The summed E-state index contributed by atoms with van der Waals surface area (Å²) in [4.78, 5) is 0.996. The van der Waals surface area contributed by atoms with Crippen LogP contribution in [0.15, 0.2) is 46.3 Å². The third kappa shape index (κ3) is 5.06. The van der Waals surface area contributed by atoms with E-state index in [0.717, 1.165) is 14.2 Å². The Morgan fingerprint density at radius 2 is 1.84 bits per heavy atom. The van der Waals surface area contributed by atoms with E-state index in [1.807, 2.05) is 42.5 Å². The van der Waals surface area contributed by atoms with Gasteiger partial charge >= 0.3 is 0 Å². The lowest BCUT2D eigenvalue weighted by Gasteiger charge is -2.05. The first-order valence-corrected chi connectivity index (χ1v) is 9.07. The minimum Gasteiger partial charge on any atom is -0.212 e. The predicted molar refractivity (Wildman–Crippen MR) is 82.8 cm³/mol. The number of hydrogen-bond donors (Lipinski definition) is 1. The Balaban J connectivity index is 1.85. The molecule has 0 spiro atoms. The van der Waals surface area contributed by atoms with E-state index >= 15 is 0 Å². The van der Waals surface area contributed by atoms with Crippen LogP contribution in [0.5, 0.6) is 0 Å². The molecule has 0 saturated heterocycles. The first-order chi connectivity index (χ1) is 9.05. The zero-order valence-corrected chi connectivity index (χ0v) is 13.4. The highest BCUT2D eigenvalue weighted by Crippen LogP contribution is 2.21. The van der Waals surface area contributed by atoms with Gasteiger partial charge in [0.05, 0.1) is 9.54 Å². The number of thiophene rings is 1. The molecule has 1 N–H and O–H groups in total. The summed E-state index contributed by atoms with van der Waals surface area (Å²) in [5.41, 5.74) is 1.03. The molecule has 2 rings (SSSR count). The third-order valence-corrected chi connectivity index (χ3v) is 5.55. The number of halogens is 1. The molecule has 0 aliphatic heterocycles. The summed E-state index contributed by atoms with van der Waals surface area (Å²) in [7, 11) is -3.23. The second kappa shape index (κ2) is 6.65. The van der Waals surface area contributed by atoms with Crippen molar-refractivity contribution in [2.75, 3.05) is 5.75 Å². The Bertz CT molecular complexity index is 623. The highest BCUT2D eigenvalue weighted by atomic mass is 79.9. The van der Waals surface area contributed by atoms with Crippen molar-refractivity contribution in [3.63, 3.8) is 0 Å². The molecule has 102 valence electrons. The van der Waals surface area contributed by atoms with Gasteiger partial charge in [-0.15, -0.1) is 11.3 Å². The van der Waals surface area contributed by atoms with Gasteiger partial charge < -0.3 is 0 Å². The summed E-state index contributed by atoms with van der Waals surface area (Å²) in [5.74, 6) is 0.115. The zero-order valence-electron chi connectivity index (χ0n) is 10.2.